The Morgan fingerprint density at radius 2 is 2.32 bits per heavy atom. The zero-order valence-electron chi connectivity index (χ0n) is 10.7. The lowest BCUT2D eigenvalue weighted by Gasteiger charge is -2.37. The molecule has 1 atom stereocenters. The Balaban J connectivity index is 2.00. The first-order valence-electron chi connectivity index (χ1n) is 5.90. The summed E-state index contributed by atoms with van der Waals surface area (Å²) in [4.78, 5) is 32.5. The van der Waals surface area contributed by atoms with Gasteiger partial charge in [-0.1, -0.05) is 0 Å². The second-order valence-corrected chi connectivity index (χ2v) is 5.73. The molecule has 3 rings (SSSR count). The topological polar surface area (TPSA) is 74.1 Å². The number of amides is 1. The molecule has 0 aromatic carbocycles. The van der Waals surface area contributed by atoms with Gasteiger partial charge in [-0.05, 0) is 0 Å². The molecule has 1 unspecified atom stereocenters. The van der Waals surface area contributed by atoms with E-state index >= 15 is 0 Å². The van der Waals surface area contributed by atoms with Crippen LogP contribution in [0.25, 0.3) is 0 Å². The number of quaternary nitrogens is 1. The summed E-state index contributed by atoms with van der Waals surface area (Å²) in [5, 5.41) is 1.77. The molecule has 0 aliphatic carbocycles. The van der Waals surface area contributed by atoms with Gasteiger partial charge < -0.3 is 0 Å². The normalized spacial score (nSPS) is 28.8. The molecular weight excluding hydrogens is 266 g/mol. The molecule has 1 N–H and O–H groups in total. The Kier molecular flexibility index (Phi) is 2.72. The SMILES string of the molecule is CS[N+]1(C(C)=O)CC(=O)C2=C(CN3NC=NC3=N2)C1. The molecule has 7 nitrogen and oxygen atoms in total. The molecule has 0 saturated carbocycles. The van der Waals surface area contributed by atoms with E-state index in [2.05, 4.69) is 15.4 Å². The van der Waals surface area contributed by atoms with Gasteiger partial charge in [0.25, 0.3) is 0 Å². The predicted molar refractivity (Wildman–Crippen MR) is 72.0 cm³/mol. The fraction of sp³-hybridized carbons (Fsp3) is 0.455. The van der Waals surface area contributed by atoms with Crippen LogP contribution in [0.3, 0.4) is 0 Å². The van der Waals surface area contributed by atoms with Crippen LogP contribution in [0.2, 0.25) is 0 Å². The van der Waals surface area contributed by atoms with E-state index in [0.717, 1.165) is 5.57 Å². The summed E-state index contributed by atoms with van der Waals surface area (Å²) in [5.41, 5.74) is 4.32. The number of nitrogens with zero attached hydrogens (tertiary/aromatic N) is 4. The number of fused-ring (bicyclic) bond motifs is 1. The number of nitrogens with one attached hydrogen (secondary N) is 1. The van der Waals surface area contributed by atoms with Crippen molar-refractivity contribution in [1.82, 2.24) is 10.4 Å². The van der Waals surface area contributed by atoms with Gasteiger partial charge in [-0.3, -0.25) is 10.2 Å². The maximum Gasteiger partial charge on any atom is 0.322 e. The summed E-state index contributed by atoms with van der Waals surface area (Å²) in [6.45, 7) is 2.76. The number of ketones is 1. The highest BCUT2D eigenvalue weighted by atomic mass is 32.2. The second kappa shape index (κ2) is 4.17. The summed E-state index contributed by atoms with van der Waals surface area (Å²) in [6.07, 6.45) is 3.40. The van der Waals surface area contributed by atoms with Crippen LogP contribution in [0.1, 0.15) is 6.92 Å². The highest BCUT2D eigenvalue weighted by molar-refractivity contribution is 7.93. The lowest BCUT2D eigenvalue weighted by atomic mass is 10.0. The van der Waals surface area contributed by atoms with Gasteiger partial charge in [0, 0.05) is 11.8 Å². The zero-order valence-corrected chi connectivity index (χ0v) is 11.5. The third-order valence-corrected chi connectivity index (χ3v) is 4.78. The van der Waals surface area contributed by atoms with Crippen LogP contribution in [0, 0.1) is 0 Å². The molecule has 0 aromatic heterocycles. The van der Waals surface area contributed by atoms with Crippen molar-refractivity contribution in [2.75, 3.05) is 25.9 Å². The van der Waals surface area contributed by atoms with Gasteiger partial charge in [0.15, 0.2) is 6.54 Å². The summed E-state index contributed by atoms with van der Waals surface area (Å²) in [6, 6.07) is 0. The van der Waals surface area contributed by atoms with Crippen LogP contribution in [-0.2, 0) is 9.59 Å². The Morgan fingerprint density at radius 1 is 1.53 bits per heavy atom. The smallest absolute Gasteiger partial charge is 0.286 e. The number of aliphatic imine (C=N–C) groups is 2. The molecule has 0 radical (unpaired) electrons. The summed E-state index contributed by atoms with van der Waals surface area (Å²) in [7, 11) is 0. The van der Waals surface area contributed by atoms with E-state index in [9.17, 15) is 9.59 Å². The highest BCUT2D eigenvalue weighted by Gasteiger charge is 2.45. The van der Waals surface area contributed by atoms with Crippen molar-refractivity contribution in [2.45, 2.75) is 6.92 Å². The molecule has 1 amide bonds. The number of carbonyl (C=O) groups excluding carboxylic acids is 2. The van der Waals surface area contributed by atoms with E-state index < -0.39 is 0 Å². The lowest BCUT2D eigenvalue weighted by Crippen LogP contribution is -2.55. The minimum atomic E-state index is -0.0833. The minimum absolute atomic E-state index is 0.00666. The monoisotopic (exact) mass is 280 g/mol. The molecular formula is C11H14N5O2S+. The molecule has 3 aliphatic heterocycles. The summed E-state index contributed by atoms with van der Waals surface area (Å²) < 4.78 is 0.108. The zero-order chi connectivity index (χ0) is 13.6. The lowest BCUT2D eigenvalue weighted by molar-refractivity contribution is -0.701. The molecule has 3 aliphatic rings. The van der Waals surface area contributed by atoms with Crippen LogP contribution in [-0.4, -0.2) is 58.8 Å². The fourth-order valence-corrected chi connectivity index (χ4v) is 3.26. The van der Waals surface area contributed by atoms with Crippen molar-refractivity contribution in [3.63, 3.8) is 0 Å². The molecule has 0 bridgehead atoms. The molecule has 19 heavy (non-hydrogen) atoms. The Hall–Kier alpha value is -1.67. The number of hydrogen-bond donors (Lipinski definition) is 1. The van der Waals surface area contributed by atoms with Gasteiger partial charge in [-0.25, -0.2) is 19.8 Å². The van der Waals surface area contributed by atoms with Crippen LogP contribution in [0.4, 0.5) is 0 Å². The molecule has 0 fully saturated rings. The summed E-state index contributed by atoms with van der Waals surface area (Å²) >= 11 is 1.40. The van der Waals surface area contributed by atoms with Crippen molar-refractivity contribution >= 4 is 35.9 Å². The molecule has 0 aromatic rings. The van der Waals surface area contributed by atoms with Gasteiger partial charge >= 0.3 is 5.91 Å². The third-order valence-electron chi connectivity index (χ3n) is 3.56. The average molecular weight is 280 g/mol. The average Bonchev–Trinajstić information content (AvgIpc) is 2.83. The van der Waals surface area contributed by atoms with E-state index in [0.29, 0.717) is 24.7 Å². The maximum absolute atomic E-state index is 12.3. The van der Waals surface area contributed by atoms with Crippen molar-refractivity contribution in [2.24, 2.45) is 9.98 Å². The molecule has 0 spiro atoms. The number of rotatable bonds is 1. The van der Waals surface area contributed by atoms with Crippen LogP contribution < -0.4 is 5.43 Å². The van der Waals surface area contributed by atoms with Crippen LogP contribution in [0.5, 0.6) is 0 Å². The fourth-order valence-electron chi connectivity index (χ4n) is 2.47. The van der Waals surface area contributed by atoms with Gasteiger partial charge in [-0.15, -0.1) is 0 Å². The minimum Gasteiger partial charge on any atom is -0.286 e. The van der Waals surface area contributed by atoms with Gasteiger partial charge in [-0.2, -0.15) is 3.89 Å². The molecule has 8 heteroatoms. The number of hydrogen-bond acceptors (Lipinski definition) is 7. The van der Waals surface area contributed by atoms with Crippen LogP contribution in [0.15, 0.2) is 21.3 Å². The first-order chi connectivity index (χ1) is 9.05. The van der Waals surface area contributed by atoms with Crippen molar-refractivity contribution in [3.8, 4) is 0 Å². The van der Waals surface area contributed by atoms with E-state index in [-0.39, 0.29) is 22.1 Å². The van der Waals surface area contributed by atoms with Gasteiger partial charge in [0.1, 0.15) is 18.6 Å². The molecule has 100 valence electrons. The van der Waals surface area contributed by atoms with E-state index in [1.165, 1.54) is 18.9 Å². The highest BCUT2D eigenvalue weighted by Crippen LogP contribution is 2.32. The van der Waals surface area contributed by atoms with Crippen molar-refractivity contribution in [3.05, 3.63) is 11.3 Å². The van der Waals surface area contributed by atoms with Gasteiger partial charge in [0.2, 0.25) is 11.7 Å². The maximum atomic E-state index is 12.3. The van der Waals surface area contributed by atoms with Crippen molar-refractivity contribution in [1.29, 1.82) is 0 Å². The number of Topliss-reactive ketones (excluding diaryl/α,β-unsaturated/α-hetero) is 1. The first-order valence-corrected chi connectivity index (χ1v) is 7.08. The second-order valence-electron chi connectivity index (χ2n) is 4.67. The standard InChI is InChI=1S/C11H14N5O2S/c1-7(17)16(19-2)4-8-3-15-11(12-6-13-15)14-10(8)9(18)5-16/h6H,3-5H2,1-2H3,(H,12,13,14)/q+1. The Bertz CT molecular complexity index is 567. The van der Waals surface area contributed by atoms with Crippen molar-refractivity contribution < 1.29 is 13.5 Å². The molecule has 0 saturated heterocycles. The number of hydrazine groups is 1. The van der Waals surface area contributed by atoms with Crippen LogP contribution >= 0.6 is 11.9 Å². The number of guanidine groups is 1. The van der Waals surface area contributed by atoms with E-state index in [1.807, 2.05) is 6.26 Å². The number of carbonyl (C=O) groups is 2. The van der Waals surface area contributed by atoms with E-state index in [4.69, 9.17) is 0 Å². The summed E-state index contributed by atoms with van der Waals surface area (Å²) in [5.74, 6) is 0.423. The molecule has 3 heterocycles. The Labute approximate surface area is 114 Å². The Morgan fingerprint density at radius 3 is 3.00 bits per heavy atom. The third kappa shape index (κ3) is 1.79. The van der Waals surface area contributed by atoms with E-state index in [1.54, 1.807) is 11.3 Å². The predicted octanol–water partition coefficient (Wildman–Crippen LogP) is -0.317. The first kappa shape index (κ1) is 12.4. The quantitative estimate of drug-likeness (QED) is 0.526. The van der Waals surface area contributed by atoms with Gasteiger partial charge in [0.05, 0.1) is 25.4 Å². The largest absolute Gasteiger partial charge is 0.322 e.